The van der Waals surface area contributed by atoms with Gasteiger partial charge in [-0.05, 0) is 43.7 Å². The molecule has 4 aromatic rings. The molecule has 45 heavy (non-hydrogen) atoms. The molecule has 0 N–H and O–H groups in total. The molecule has 3 aromatic heterocycles. The van der Waals surface area contributed by atoms with Crippen molar-refractivity contribution in [2.45, 2.75) is 52.2 Å². The average Bonchev–Trinajstić information content (AvgIpc) is 3.52. The highest BCUT2D eigenvalue weighted by Crippen LogP contribution is 2.39. The Balaban J connectivity index is 1.41. The molecular weight excluding hydrogens is 651 g/mol. The SMILES string of the molecule is CCOC(=O)c1nc(N(C)c2cc(C)c(N=c3sc4ccccc4n3COCC[Si](C)(C)C)nn2)sc1C1CN(S(C)(=O)=O)C1. The van der Waals surface area contributed by atoms with E-state index in [-0.39, 0.29) is 18.2 Å². The van der Waals surface area contributed by atoms with Gasteiger partial charge in [0.05, 0.1) is 23.1 Å². The Morgan fingerprint density at radius 1 is 1.18 bits per heavy atom. The maximum Gasteiger partial charge on any atom is 0.358 e. The zero-order valence-electron chi connectivity index (χ0n) is 26.6. The fourth-order valence-corrected chi connectivity index (χ4v) is 8.44. The van der Waals surface area contributed by atoms with Gasteiger partial charge in [0.2, 0.25) is 10.0 Å². The number of hydrogen-bond acceptors (Lipinski definition) is 12. The summed E-state index contributed by atoms with van der Waals surface area (Å²) in [6.45, 7) is 12.6. The highest BCUT2D eigenvalue weighted by molar-refractivity contribution is 7.88. The molecule has 1 aromatic carbocycles. The quantitative estimate of drug-likeness (QED) is 0.113. The van der Waals surface area contributed by atoms with E-state index < -0.39 is 24.1 Å². The van der Waals surface area contributed by atoms with E-state index in [4.69, 9.17) is 14.5 Å². The summed E-state index contributed by atoms with van der Waals surface area (Å²) in [7, 11) is -2.70. The number of nitrogens with zero attached hydrogens (tertiary/aromatic N) is 7. The predicted octanol–water partition coefficient (Wildman–Crippen LogP) is 5.11. The second-order valence-electron chi connectivity index (χ2n) is 12.2. The second-order valence-corrected chi connectivity index (χ2v) is 21.8. The molecule has 0 unspecified atom stereocenters. The van der Waals surface area contributed by atoms with Crippen LogP contribution in [0.5, 0.6) is 0 Å². The van der Waals surface area contributed by atoms with Gasteiger partial charge in [0.25, 0.3) is 0 Å². The van der Waals surface area contributed by atoms with Crippen molar-refractivity contribution in [3.8, 4) is 0 Å². The molecule has 12 nitrogen and oxygen atoms in total. The van der Waals surface area contributed by atoms with Crippen molar-refractivity contribution in [2.24, 2.45) is 4.99 Å². The van der Waals surface area contributed by atoms with Gasteiger partial charge in [-0.25, -0.2) is 22.5 Å². The molecule has 0 radical (unpaired) electrons. The standard InChI is InChI=1S/C29H39N7O5S3Si/c1-8-41-27(37)24-25(20-16-35(17-20)44(4,38)39)43-28(30-24)34(3)23-15-19(2)26(33-32-23)31-29-36(18-40-13-14-45(5,6)7)21-11-9-10-12-22(21)42-29/h9-12,15,20H,8,13-14,16-18H2,1-7H3. The summed E-state index contributed by atoms with van der Waals surface area (Å²) in [5, 5.41) is 9.45. The van der Waals surface area contributed by atoms with E-state index in [1.807, 2.05) is 25.1 Å². The first kappa shape index (κ1) is 33.3. The highest BCUT2D eigenvalue weighted by atomic mass is 32.2. The number of benzene rings is 1. The van der Waals surface area contributed by atoms with Crippen molar-refractivity contribution in [3.63, 3.8) is 0 Å². The van der Waals surface area contributed by atoms with Gasteiger partial charge in [-0.15, -0.1) is 21.5 Å². The maximum absolute atomic E-state index is 12.8. The Hall–Kier alpha value is -3.02. The molecule has 1 aliphatic heterocycles. The smallest absolute Gasteiger partial charge is 0.358 e. The van der Waals surface area contributed by atoms with Crippen LogP contribution < -0.4 is 9.70 Å². The number of aryl methyl sites for hydroxylation is 1. The molecule has 0 amide bonds. The lowest BCUT2D eigenvalue weighted by Gasteiger charge is -2.36. The Bertz CT molecular complexity index is 1870. The molecule has 0 atom stereocenters. The summed E-state index contributed by atoms with van der Waals surface area (Å²) in [5.41, 5.74) is 2.08. The Kier molecular flexibility index (Phi) is 9.91. The van der Waals surface area contributed by atoms with Gasteiger partial charge in [0.15, 0.2) is 27.3 Å². The Morgan fingerprint density at radius 3 is 2.58 bits per heavy atom. The fourth-order valence-electron chi connectivity index (χ4n) is 4.65. The molecule has 4 heterocycles. The van der Waals surface area contributed by atoms with Crippen molar-refractivity contribution < 1.29 is 22.7 Å². The summed E-state index contributed by atoms with van der Waals surface area (Å²) in [6.07, 6.45) is 1.18. The maximum atomic E-state index is 12.8. The third-order valence-electron chi connectivity index (χ3n) is 7.38. The van der Waals surface area contributed by atoms with Gasteiger partial charge in [-0.1, -0.05) is 43.1 Å². The topological polar surface area (TPSA) is 132 Å². The van der Waals surface area contributed by atoms with Crippen LogP contribution in [0.1, 0.15) is 33.8 Å². The van der Waals surface area contributed by atoms with Crippen molar-refractivity contribution >= 4 is 73.7 Å². The fraction of sp³-hybridized carbons (Fsp3) is 0.483. The predicted molar refractivity (Wildman–Crippen MR) is 181 cm³/mol. The third kappa shape index (κ3) is 7.69. The third-order valence-corrected chi connectivity index (χ3v) is 12.7. The average molecular weight is 690 g/mol. The molecule has 0 bridgehead atoms. The van der Waals surface area contributed by atoms with E-state index in [2.05, 4.69) is 51.5 Å². The summed E-state index contributed by atoms with van der Waals surface area (Å²) < 4.78 is 39.8. The number of esters is 1. The van der Waals surface area contributed by atoms with Crippen LogP contribution in [0.2, 0.25) is 25.7 Å². The van der Waals surface area contributed by atoms with E-state index >= 15 is 0 Å². The molecule has 1 saturated heterocycles. The minimum atomic E-state index is -3.30. The van der Waals surface area contributed by atoms with Gasteiger partial charge in [0.1, 0.15) is 6.73 Å². The molecule has 242 valence electrons. The van der Waals surface area contributed by atoms with Crippen molar-refractivity contribution in [2.75, 3.05) is 44.5 Å². The molecule has 0 aliphatic carbocycles. The van der Waals surface area contributed by atoms with Crippen LogP contribution in [0, 0.1) is 6.92 Å². The van der Waals surface area contributed by atoms with Crippen LogP contribution in [-0.4, -0.2) is 86.1 Å². The Labute approximate surface area is 272 Å². The van der Waals surface area contributed by atoms with Crippen LogP contribution in [0.15, 0.2) is 35.3 Å². The van der Waals surface area contributed by atoms with Gasteiger partial charge >= 0.3 is 5.97 Å². The normalized spacial score (nSPS) is 15.0. The lowest BCUT2D eigenvalue weighted by Crippen LogP contribution is -2.47. The lowest BCUT2D eigenvalue weighted by atomic mass is 10.00. The number of sulfonamides is 1. The minimum absolute atomic E-state index is 0.139. The minimum Gasteiger partial charge on any atom is -0.461 e. The number of thiazole rings is 2. The van der Waals surface area contributed by atoms with Crippen LogP contribution in [0.4, 0.5) is 16.8 Å². The number of aromatic nitrogens is 4. The molecule has 16 heteroatoms. The van der Waals surface area contributed by atoms with Crippen LogP contribution in [-0.2, 0) is 26.2 Å². The molecular formula is C29H39N7O5S3Si. The van der Waals surface area contributed by atoms with E-state index in [1.54, 1.807) is 30.2 Å². The zero-order chi connectivity index (χ0) is 32.5. The number of carbonyl (C=O) groups excluding carboxylic acids is 1. The summed E-state index contributed by atoms with van der Waals surface area (Å²) in [4.78, 5) is 25.5. The Morgan fingerprint density at radius 2 is 1.91 bits per heavy atom. The van der Waals surface area contributed by atoms with Crippen LogP contribution in [0.25, 0.3) is 10.2 Å². The van der Waals surface area contributed by atoms with Gasteiger partial charge in [-0.2, -0.15) is 4.99 Å². The zero-order valence-corrected chi connectivity index (χ0v) is 30.1. The lowest BCUT2D eigenvalue weighted by molar-refractivity contribution is 0.0517. The summed E-state index contributed by atoms with van der Waals surface area (Å²) in [5.74, 6) is 0.364. The molecule has 1 aliphatic rings. The van der Waals surface area contributed by atoms with Crippen molar-refractivity contribution in [1.29, 1.82) is 0 Å². The number of anilines is 2. The van der Waals surface area contributed by atoms with Crippen LogP contribution in [0.3, 0.4) is 0 Å². The van der Waals surface area contributed by atoms with E-state index in [9.17, 15) is 13.2 Å². The number of hydrogen-bond donors (Lipinski definition) is 0. The van der Waals surface area contributed by atoms with Gasteiger partial charge < -0.3 is 14.4 Å². The van der Waals surface area contributed by atoms with Gasteiger partial charge in [-0.3, -0.25) is 4.57 Å². The summed E-state index contributed by atoms with van der Waals surface area (Å²) in [6, 6.07) is 11.1. The van der Waals surface area contributed by atoms with Crippen LogP contribution >= 0.6 is 22.7 Å². The van der Waals surface area contributed by atoms with E-state index in [0.717, 1.165) is 26.6 Å². The number of fused-ring (bicyclic) bond motifs is 1. The highest BCUT2D eigenvalue weighted by Gasteiger charge is 2.39. The largest absolute Gasteiger partial charge is 0.461 e. The van der Waals surface area contributed by atoms with Crippen molar-refractivity contribution in [1.82, 2.24) is 24.1 Å². The first-order chi connectivity index (χ1) is 21.2. The molecule has 1 fully saturated rings. The van der Waals surface area contributed by atoms with Gasteiger partial charge in [0, 0.05) is 45.6 Å². The number of ether oxygens (including phenoxy) is 2. The first-order valence-corrected chi connectivity index (χ1v) is 21.9. The number of rotatable bonds is 12. The van der Waals surface area contributed by atoms with E-state index in [1.165, 1.54) is 21.9 Å². The molecule has 0 spiro atoms. The monoisotopic (exact) mass is 689 g/mol. The second kappa shape index (κ2) is 13.4. The summed E-state index contributed by atoms with van der Waals surface area (Å²) >= 11 is 2.90. The molecule has 0 saturated carbocycles. The molecule has 5 rings (SSSR count). The van der Waals surface area contributed by atoms with Crippen molar-refractivity contribution in [3.05, 3.63) is 51.3 Å². The number of carbonyl (C=O) groups is 1. The number of para-hydroxylation sites is 1. The van der Waals surface area contributed by atoms with E-state index in [0.29, 0.717) is 48.1 Å². The first-order valence-electron chi connectivity index (χ1n) is 14.7.